The van der Waals surface area contributed by atoms with Crippen molar-refractivity contribution in [1.29, 1.82) is 0 Å². The lowest BCUT2D eigenvalue weighted by Gasteiger charge is -2.14. The highest BCUT2D eigenvalue weighted by Crippen LogP contribution is 2.19. The second-order valence-electron chi connectivity index (χ2n) is 4.13. The summed E-state index contributed by atoms with van der Waals surface area (Å²) in [5.41, 5.74) is 0.569. The molecule has 5 heteroatoms. The molecule has 100 valence electrons. The van der Waals surface area contributed by atoms with Gasteiger partial charge in [0.05, 0.1) is 5.02 Å². The Morgan fingerprint density at radius 1 is 1.56 bits per heavy atom. The number of benzene rings is 1. The minimum atomic E-state index is -0.121. The van der Waals surface area contributed by atoms with E-state index in [2.05, 4.69) is 27.9 Å². The van der Waals surface area contributed by atoms with Gasteiger partial charge in [0, 0.05) is 22.3 Å². The number of hydrogen-bond donors (Lipinski definition) is 2. The lowest BCUT2D eigenvalue weighted by molar-refractivity contribution is 0.0943. The van der Waals surface area contributed by atoms with Gasteiger partial charge in [-0.3, -0.25) is 4.79 Å². The van der Waals surface area contributed by atoms with Crippen LogP contribution in [0.4, 0.5) is 0 Å². The molecule has 0 radical (unpaired) electrons. The maximum Gasteiger partial charge on any atom is 0.251 e. The van der Waals surface area contributed by atoms with E-state index < -0.39 is 0 Å². The van der Waals surface area contributed by atoms with Crippen LogP contribution in [0.5, 0.6) is 0 Å². The third-order valence-corrected chi connectivity index (χ3v) is 4.42. The smallest absolute Gasteiger partial charge is 0.251 e. The molecule has 0 aromatic heterocycles. The number of aliphatic hydroxyl groups excluding tert-OH is 1. The molecule has 0 saturated carbocycles. The van der Waals surface area contributed by atoms with Gasteiger partial charge in [0.1, 0.15) is 0 Å². The minimum absolute atomic E-state index is 0.121. The molecule has 0 aliphatic carbocycles. The summed E-state index contributed by atoms with van der Waals surface area (Å²) in [6, 6.07) is 5.25. The number of halogens is 2. The first-order valence-electron chi connectivity index (χ1n) is 5.92. The fourth-order valence-corrected chi connectivity index (χ4v) is 2.13. The van der Waals surface area contributed by atoms with Gasteiger partial charge in [0.2, 0.25) is 0 Å². The van der Waals surface area contributed by atoms with Crippen LogP contribution in [0.2, 0.25) is 5.02 Å². The van der Waals surface area contributed by atoms with E-state index >= 15 is 0 Å². The number of hydrogen-bond acceptors (Lipinski definition) is 2. The highest BCUT2D eigenvalue weighted by Gasteiger charge is 2.10. The van der Waals surface area contributed by atoms with Crippen LogP contribution in [0, 0.1) is 9.49 Å². The fourth-order valence-electron chi connectivity index (χ4n) is 1.61. The first-order chi connectivity index (χ1) is 8.58. The largest absolute Gasteiger partial charge is 0.396 e. The Bertz CT molecular complexity index is 412. The lowest BCUT2D eigenvalue weighted by Crippen LogP contribution is -2.29. The molecule has 1 rings (SSSR count). The highest BCUT2D eigenvalue weighted by atomic mass is 127. The monoisotopic (exact) mass is 381 g/mol. The molecule has 0 heterocycles. The van der Waals surface area contributed by atoms with Crippen LogP contribution in [0.15, 0.2) is 18.2 Å². The second kappa shape index (κ2) is 7.96. The van der Waals surface area contributed by atoms with Crippen molar-refractivity contribution in [3.63, 3.8) is 0 Å². The van der Waals surface area contributed by atoms with Gasteiger partial charge in [0.15, 0.2) is 0 Å². The molecular weight excluding hydrogens is 365 g/mol. The molecule has 0 aliphatic heterocycles. The topological polar surface area (TPSA) is 49.3 Å². The molecule has 1 atom stereocenters. The van der Waals surface area contributed by atoms with Crippen LogP contribution >= 0.6 is 34.2 Å². The van der Waals surface area contributed by atoms with E-state index in [1.54, 1.807) is 12.1 Å². The van der Waals surface area contributed by atoms with Crippen LogP contribution in [0.3, 0.4) is 0 Å². The number of rotatable bonds is 6. The van der Waals surface area contributed by atoms with E-state index in [0.717, 1.165) is 9.99 Å². The van der Waals surface area contributed by atoms with Crippen LogP contribution in [-0.4, -0.2) is 24.2 Å². The van der Waals surface area contributed by atoms with Crippen molar-refractivity contribution in [1.82, 2.24) is 5.32 Å². The molecule has 0 saturated heterocycles. The molecule has 18 heavy (non-hydrogen) atoms. The summed E-state index contributed by atoms with van der Waals surface area (Å²) in [5.74, 6) is 0.197. The van der Waals surface area contributed by atoms with Crippen molar-refractivity contribution in [2.24, 2.45) is 5.92 Å². The molecule has 3 nitrogen and oxygen atoms in total. The van der Waals surface area contributed by atoms with Gasteiger partial charge >= 0.3 is 0 Å². The van der Waals surface area contributed by atoms with E-state index in [4.69, 9.17) is 16.7 Å². The molecule has 1 aromatic rings. The van der Waals surface area contributed by atoms with Crippen molar-refractivity contribution < 1.29 is 9.90 Å². The Labute approximate surface area is 126 Å². The normalized spacial score (nSPS) is 12.2. The minimum Gasteiger partial charge on any atom is -0.396 e. The summed E-state index contributed by atoms with van der Waals surface area (Å²) < 4.78 is 0.928. The Kier molecular flexibility index (Phi) is 6.96. The summed E-state index contributed by atoms with van der Waals surface area (Å²) in [7, 11) is 0. The molecule has 0 aliphatic rings. The Morgan fingerprint density at radius 3 is 2.83 bits per heavy atom. The number of aliphatic hydroxyl groups is 1. The van der Waals surface area contributed by atoms with Crippen molar-refractivity contribution in [2.75, 3.05) is 13.2 Å². The first kappa shape index (κ1) is 15.7. The lowest BCUT2D eigenvalue weighted by atomic mass is 10.0. The Balaban J connectivity index is 2.57. The average Bonchev–Trinajstić information content (AvgIpc) is 2.37. The molecule has 1 amide bonds. The highest BCUT2D eigenvalue weighted by molar-refractivity contribution is 14.1. The van der Waals surface area contributed by atoms with E-state index in [1.807, 2.05) is 13.0 Å². The van der Waals surface area contributed by atoms with E-state index in [1.165, 1.54) is 0 Å². The van der Waals surface area contributed by atoms with Crippen LogP contribution < -0.4 is 5.32 Å². The maximum absolute atomic E-state index is 11.9. The zero-order chi connectivity index (χ0) is 13.5. The van der Waals surface area contributed by atoms with E-state index in [0.29, 0.717) is 29.5 Å². The summed E-state index contributed by atoms with van der Waals surface area (Å²) in [6.07, 6.45) is 1.65. The summed E-state index contributed by atoms with van der Waals surface area (Å²) >= 11 is 8.10. The maximum atomic E-state index is 11.9. The summed E-state index contributed by atoms with van der Waals surface area (Å²) in [5, 5.41) is 12.3. The van der Waals surface area contributed by atoms with Crippen LogP contribution in [0.1, 0.15) is 30.1 Å². The van der Waals surface area contributed by atoms with Gasteiger partial charge in [-0.1, -0.05) is 24.9 Å². The van der Waals surface area contributed by atoms with Gasteiger partial charge in [-0.25, -0.2) is 0 Å². The van der Waals surface area contributed by atoms with Gasteiger partial charge in [-0.2, -0.15) is 0 Å². The van der Waals surface area contributed by atoms with Crippen molar-refractivity contribution >= 4 is 40.1 Å². The zero-order valence-corrected chi connectivity index (χ0v) is 13.2. The first-order valence-corrected chi connectivity index (χ1v) is 7.38. The van der Waals surface area contributed by atoms with Crippen molar-refractivity contribution in [2.45, 2.75) is 19.8 Å². The predicted octanol–water partition coefficient (Wildman–Crippen LogP) is 3.08. The molecular formula is C13H17ClINO2. The van der Waals surface area contributed by atoms with Gasteiger partial charge < -0.3 is 10.4 Å². The quantitative estimate of drug-likeness (QED) is 0.744. The standard InChI is InChI=1S/C13H17ClINO2/c1-2-9(5-6-17)8-16-13(18)10-3-4-12(15)11(14)7-10/h3-4,7,9,17H,2,5-6,8H2,1H3,(H,16,18). The van der Waals surface area contributed by atoms with Gasteiger partial charge in [-0.05, 0) is 53.1 Å². The second-order valence-corrected chi connectivity index (χ2v) is 5.69. The molecule has 2 N–H and O–H groups in total. The Hall–Kier alpha value is -0.330. The van der Waals surface area contributed by atoms with Crippen molar-refractivity contribution in [3.8, 4) is 0 Å². The fraction of sp³-hybridized carbons (Fsp3) is 0.462. The third kappa shape index (κ3) is 4.74. The van der Waals surface area contributed by atoms with Crippen LogP contribution in [-0.2, 0) is 0 Å². The summed E-state index contributed by atoms with van der Waals surface area (Å²) in [4.78, 5) is 11.9. The predicted molar refractivity (Wildman–Crippen MR) is 82.0 cm³/mol. The van der Waals surface area contributed by atoms with Crippen LogP contribution in [0.25, 0.3) is 0 Å². The van der Waals surface area contributed by atoms with E-state index in [9.17, 15) is 4.79 Å². The average molecular weight is 382 g/mol. The number of nitrogens with one attached hydrogen (secondary N) is 1. The number of carbonyl (C=O) groups excluding carboxylic acids is 1. The molecule has 1 unspecified atom stereocenters. The number of carbonyl (C=O) groups is 1. The van der Waals surface area contributed by atoms with Crippen molar-refractivity contribution in [3.05, 3.63) is 32.4 Å². The number of amides is 1. The van der Waals surface area contributed by atoms with E-state index in [-0.39, 0.29) is 12.5 Å². The zero-order valence-electron chi connectivity index (χ0n) is 10.2. The summed E-state index contributed by atoms with van der Waals surface area (Å²) in [6.45, 7) is 2.79. The molecule has 0 fully saturated rings. The SMILES string of the molecule is CCC(CCO)CNC(=O)c1ccc(I)c(Cl)c1. The van der Waals surface area contributed by atoms with Gasteiger partial charge in [-0.15, -0.1) is 0 Å². The third-order valence-electron chi connectivity index (χ3n) is 2.85. The molecule has 0 spiro atoms. The van der Waals surface area contributed by atoms with Gasteiger partial charge in [0.25, 0.3) is 5.91 Å². The molecule has 0 bridgehead atoms. The molecule has 1 aromatic carbocycles. The Morgan fingerprint density at radius 2 is 2.28 bits per heavy atom.